The summed E-state index contributed by atoms with van der Waals surface area (Å²) < 4.78 is 58.1. The normalized spacial score (nSPS) is 22.7. The lowest BCUT2D eigenvalue weighted by molar-refractivity contribution is -0.0907. The van der Waals surface area contributed by atoms with Crippen LogP contribution < -0.4 is 19.5 Å². The molecule has 2 saturated heterocycles. The summed E-state index contributed by atoms with van der Waals surface area (Å²) in [6.45, 7) is 6.59. The lowest BCUT2D eigenvalue weighted by atomic mass is 9.78. The Hall–Kier alpha value is -3.43. The van der Waals surface area contributed by atoms with E-state index in [1.807, 2.05) is 51.1 Å². The minimum absolute atomic E-state index is 0.00206. The van der Waals surface area contributed by atoms with Crippen LogP contribution >= 0.6 is 0 Å². The Morgan fingerprint density at radius 3 is 2.64 bits per heavy atom. The van der Waals surface area contributed by atoms with Crippen LogP contribution in [0, 0.1) is 11.3 Å². The van der Waals surface area contributed by atoms with Crippen molar-refractivity contribution in [2.75, 3.05) is 27.1 Å². The first-order chi connectivity index (χ1) is 22.4. The van der Waals surface area contributed by atoms with Gasteiger partial charge >= 0.3 is 6.09 Å². The molecule has 3 N–H and O–H groups in total. The molecule has 2 fully saturated rings. The van der Waals surface area contributed by atoms with Crippen molar-refractivity contribution in [3.05, 3.63) is 54.1 Å². The molecule has 14 heteroatoms. The van der Waals surface area contributed by atoms with E-state index in [9.17, 15) is 18.3 Å². The Labute approximate surface area is 275 Å². The first kappa shape index (κ1) is 34.9. The number of hydrogen-bond acceptors (Lipinski definition) is 11. The molecule has 0 saturated carbocycles. The quantitative estimate of drug-likeness (QED) is 0.187. The van der Waals surface area contributed by atoms with Crippen molar-refractivity contribution < 1.29 is 46.8 Å². The van der Waals surface area contributed by atoms with Gasteiger partial charge in [0.25, 0.3) is 0 Å². The fourth-order valence-electron chi connectivity index (χ4n) is 6.24. The number of carbonyl (C=O) groups is 1. The van der Waals surface area contributed by atoms with Gasteiger partial charge in [-0.25, -0.2) is 17.9 Å². The first-order valence-corrected chi connectivity index (χ1v) is 17.3. The number of hydrogen-bond donors (Lipinski definition) is 3. The molecule has 1 unspecified atom stereocenters. The Morgan fingerprint density at radius 1 is 1.11 bits per heavy atom. The van der Waals surface area contributed by atoms with Crippen LogP contribution in [0.3, 0.4) is 0 Å². The molecule has 2 aromatic carbocycles. The largest absolute Gasteiger partial charge is 0.454 e. The van der Waals surface area contributed by atoms with E-state index in [1.54, 1.807) is 0 Å². The van der Waals surface area contributed by atoms with E-state index in [0.717, 1.165) is 11.3 Å². The van der Waals surface area contributed by atoms with Gasteiger partial charge in [-0.2, -0.15) is 0 Å². The summed E-state index contributed by atoms with van der Waals surface area (Å²) in [4.78, 5) is 18.2. The van der Waals surface area contributed by atoms with E-state index in [0.29, 0.717) is 37.4 Å². The summed E-state index contributed by atoms with van der Waals surface area (Å²) in [7, 11) is -2.68. The van der Waals surface area contributed by atoms with Crippen LogP contribution in [0.2, 0.25) is 0 Å². The summed E-state index contributed by atoms with van der Waals surface area (Å²) in [6.07, 6.45) is -0.574. The maximum absolute atomic E-state index is 13.8. The van der Waals surface area contributed by atoms with Gasteiger partial charge in [-0.1, -0.05) is 49.3 Å². The average molecular weight is 676 g/mol. The predicted molar refractivity (Wildman–Crippen MR) is 172 cm³/mol. The molecule has 0 bridgehead atoms. The standard InChI is InChI=1S/C33H45N3O10S/c1-21(35-41-4)12-14-33(2,3)18-26(36-47(39,40)23-10-11-27-28(17-23)45-20-44-27)30(37)25(16-22-8-6-5-7-9-22)34-32(38)46-29-19-43-31-24(29)13-15-42-31/h5-11,17,24-26,29-31,36-37H,12-16,18-20H2,1-4H3,(H,34,38)/t24-,25-,26?,29-,30+,31+/m0/s1. The molecule has 6 atom stereocenters. The Bertz CT molecular complexity index is 1500. The number of carbonyl (C=O) groups excluding carboxylic acids is 1. The number of aliphatic hydroxyl groups excluding tert-OH is 1. The van der Waals surface area contributed by atoms with Gasteiger partial charge in [0.05, 0.1) is 47.9 Å². The number of benzene rings is 2. The summed E-state index contributed by atoms with van der Waals surface area (Å²) >= 11 is 0. The maximum atomic E-state index is 13.8. The van der Waals surface area contributed by atoms with Gasteiger partial charge in [0.15, 0.2) is 17.8 Å². The number of nitrogens with zero attached hydrogens (tertiary/aromatic N) is 1. The molecule has 0 spiro atoms. The van der Waals surface area contributed by atoms with Crippen molar-refractivity contribution in [1.82, 2.24) is 10.0 Å². The second-order valence-electron chi connectivity index (χ2n) is 13.0. The third kappa shape index (κ3) is 9.14. The summed E-state index contributed by atoms with van der Waals surface area (Å²) in [5.41, 5.74) is 1.16. The van der Waals surface area contributed by atoms with E-state index >= 15 is 0 Å². The topological polar surface area (TPSA) is 163 Å². The minimum atomic E-state index is -4.17. The minimum Gasteiger partial charge on any atom is -0.454 e. The number of fused-ring (bicyclic) bond motifs is 2. The molecule has 258 valence electrons. The van der Waals surface area contributed by atoms with Crippen molar-refractivity contribution in [3.63, 3.8) is 0 Å². The first-order valence-electron chi connectivity index (χ1n) is 15.8. The molecule has 3 aliphatic rings. The molecule has 0 aliphatic carbocycles. The zero-order valence-corrected chi connectivity index (χ0v) is 28.0. The highest BCUT2D eigenvalue weighted by Crippen LogP contribution is 2.36. The fraction of sp³-hybridized carbons (Fsp3) is 0.576. The zero-order valence-electron chi connectivity index (χ0n) is 27.2. The van der Waals surface area contributed by atoms with E-state index in [4.69, 9.17) is 28.5 Å². The number of rotatable bonds is 15. The van der Waals surface area contributed by atoms with Crippen molar-refractivity contribution in [1.29, 1.82) is 0 Å². The molecule has 0 radical (unpaired) electrons. The van der Waals surface area contributed by atoms with Crippen molar-refractivity contribution in [2.45, 2.75) is 88.4 Å². The Kier molecular flexibility index (Phi) is 11.3. The third-order valence-corrected chi connectivity index (χ3v) is 10.3. The summed E-state index contributed by atoms with van der Waals surface area (Å²) in [5.74, 6) is 0.698. The van der Waals surface area contributed by atoms with Gasteiger partial charge in [-0.15, -0.1) is 0 Å². The van der Waals surface area contributed by atoms with Gasteiger partial charge in [0.1, 0.15) is 13.2 Å². The zero-order chi connectivity index (χ0) is 33.6. The number of ether oxygens (including phenoxy) is 5. The van der Waals surface area contributed by atoms with E-state index in [-0.39, 0.29) is 37.1 Å². The number of aliphatic hydroxyl groups is 1. The number of oxime groups is 1. The van der Waals surface area contributed by atoms with E-state index < -0.39 is 52.1 Å². The number of amides is 1. The number of sulfonamides is 1. The van der Waals surface area contributed by atoms with Gasteiger partial charge in [-0.3, -0.25) is 0 Å². The predicted octanol–water partition coefficient (Wildman–Crippen LogP) is 3.74. The average Bonchev–Trinajstić information content (AvgIpc) is 3.78. The van der Waals surface area contributed by atoms with E-state index in [2.05, 4.69) is 15.2 Å². The molecule has 13 nitrogen and oxygen atoms in total. The second kappa shape index (κ2) is 15.2. The van der Waals surface area contributed by atoms with Gasteiger partial charge in [-0.05, 0) is 62.1 Å². The van der Waals surface area contributed by atoms with Crippen LogP contribution in [0.5, 0.6) is 11.5 Å². The molecule has 3 aliphatic heterocycles. The smallest absolute Gasteiger partial charge is 0.407 e. The Balaban J connectivity index is 1.40. The maximum Gasteiger partial charge on any atom is 0.407 e. The molecular weight excluding hydrogens is 630 g/mol. The monoisotopic (exact) mass is 675 g/mol. The molecule has 2 aromatic rings. The van der Waals surface area contributed by atoms with Gasteiger partial charge in [0, 0.05) is 6.07 Å². The highest BCUT2D eigenvalue weighted by atomic mass is 32.2. The highest BCUT2D eigenvalue weighted by molar-refractivity contribution is 7.89. The highest BCUT2D eigenvalue weighted by Gasteiger charge is 2.44. The number of nitrogens with one attached hydrogen (secondary N) is 2. The van der Waals surface area contributed by atoms with Gasteiger partial charge < -0.3 is 38.9 Å². The molecule has 5 rings (SSSR count). The lowest BCUT2D eigenvalue weighted by Crippen LogP contribution is -2.56. The number of alkyl carbamates (subject to hydrolysis) is 1. The third-order valence-electron chi connectivity index (χ3n) is 8.81. The van der Waals surface area contributed by atoms with Crippen LogP contribution in [0.1, 0.15) is 52.0 Å². The molecule has 3 heterocycles. The SMILES string of the molecule is CON=C(C)CCC(C)(C)CC(NS(=O)(=O)c1ccc2c(c1)OCO2)[C@H](O)[C@H](Cc1ccccc1)NC(=O)O[C@H]1CO[C@H]2OCC[C@H]21. The van der Waals surface area contributed by atoms with Crippen LogP contribution in [0.4, 0.5) is 4.79 Å². The van der Waals surface area contributed by atoms with Gasteiger partial charge in [0.2, 0.25) is 16.8 Å². The summed E-state index contributed by atoms with van der Waals surface area (Å²) in [6, 6.07) is 11.8. The van der Waals surface area contributed by atoms with Crippen LogP contribution in [-0.2, 0) is 35.5 Å². The fourth-order valence-corrected chi connectivity index (χ4v) is 7.50. The Morgan fingerprint density at radius 2 is 1.87 bits per heavy atom. The lowest BCUT2D eigenvalue weighted by Gasteiger charge is -2.36. The second-order valence-corrected chi connectivity index (χ2v) is 14.7. The van der Waals surface area contributed by atoms with Crippen molar-refractivity contribution in [3.8, 4) is 11.5 Å². The molecule has 47 heavy (non-hydrogen) atoms. The molecule has 0 aromatic heterocycles. The van der Waals surface area contributed by atoms with Crippen LogP contribution in [0.25, 0.3) is 0 Å². The van der Waals surface area contributed by atoms with Crippen LogP contribution in [0.15, 0.2) is 58.6 Å². The van der Waals surface area contributed by atoms with Crippen molar-refractivity contribution in [2.24, 2.45) is 16.5 Å². The molecule has 1 amide bonds. The summed E-state index contributed by atoms with van der Waals surface area (Å²) in [5, 5.41) is 18.9. The van der Waals surface area contributed by atoms with Crippen LogP contribution in [-0.4, -0.2) is 83.0 Å². The van der Waals surface area contributed by atoms with Crippen molar-refractivity contribution >= 4 is 21.8 Å². The molecular formula is C33H45N3O10S. The van der Waals surface area contributed by atoms with E-state index in [1.165, 1.54) is 25.3 Å².